The molecule has 1 aliphatic rings. The molecular formula is C18H13NO3. The average molecular weight is 291 g/mol. The Balaban J connectivity index is 2.17. The van der Waals surface area contributed by atoms with E-state index in [9.17, 15) is 14.7 Å². The van der Waals surface area contributed by atoms with Gasteiger partial charge in [0.1, 0.15) is 5.75 Å². The molecule has 0 saturated carbocycles. The van der Waals surface area contributed by atoms with Crippen molar-refractivity contribution in [1.82, 2.24) is 4.90 Å². The third-order valence-electron chi connectivity index (χ3n) is 4.27. The predicted octanol–water partition coefficient (Wildman–Crippen LogP) is 3.31. The van der Waals surface area contributed by atoms with Crippen LogP contribution in [0.1, 0.15) is 27.6 Å². The minimum atomic E-state index is -0.289. The normalized spacial score (nSPS) is 14.1. The SMILES string of the molecule is CCN1C(=O)c2ccc3c(cc(O)c4ccccc43)c2C1=O. The van der Waals surface area contributed by atoms with Crippen molar-refractivity contribution < 1.29 is 14.7 Å². The summed E-state index contributed by atoms with van der Waals surface area (Å²) in [7, 11) is 0. The Morgan fingerprint density at radius 2 is 1.59 bits per heavy atom. The Morgan fingerprint density at radius 3 is 2.32 bits per heavy atom. The van der Waals surface area contributed by atoms with Gasteiger partial charge >= 0.3 is 0 Å². The summed E-state index contributed by atoms with van der Waals surface area (Å²) in [6.45, 7) is 2.12. The van der Waals surface area contributed by atoms with Gasteiger partial charge in [-0.25, -0.2) is 0 Å². The number of phenolic OH excluding ortho intramolecular Hbond substituents is 1. The molecule has 0 fully saturated rings. The van der Waals surface area contributed by atoms with Crippen molar-refractivity contribution in [2.45, 2.75) is 6.92 Å². The van der Waals surface area contributed by atoms with Gasteiger partial charge in [0.15, 0.2) is 0 Å². The fourth-order valence-electron chi connectivity index (χ4n) is 3.23. The van der Waals surface area contributed by atoms with Gasteiger partial charge < -0.3 is 5.11 Å². The average Bonchev–Trinajstić information content (AvgIpc) is 2.78. The van der Waals surface area contributed by atoms with Gasteiger partial charge in [-0.15, -0.1) is 0 Å². The zero-order chi connectivity index (χ0) is 15.4. The van der Waals surface area contributed by atoms with Crippen LogP contribution in [0.2, 0.25) is 0 Å². The monoisotopic (exact) mass is 291 g/mol. The maximum Gasteiger partial charge on any atom is 0.262 e. The lowest BCUT2D eigenvalue weighted by atomic mass is 9.95. The van der Waals surface area contributed by atoms with Crippen LogP contribution in [-0.4, -0.2) is 28.4 Å². The molecule has 4 heteroatoms. The topological polar surface area (TPSA) is 57.6 Å². The first-order valence-electron chi connectivity index (χ1n) is 7.17. The number of rotatable bonds is 1. The van der Waals surface area contributed by atoms with Crippen molar-refractivity contribution in [3.8, 4) is 5.75 Å². The molecule has 2 amide bonds. The van der Waals surface area contributed by atoms with Crippen LogP contribution in [0.25, 0.3) is 21.5 Å². The summed E-state index contributed by atoms with van der Waals surface area (Å²) in [6, 6.07) is 12.6. The molecule has 1 aliphatic heterocycles. The van der Waals surface area contributed by atoms with Gasteiger partial charge in [-0.2, -0.15) is 0 Å². The molecule has 4 nitrogen and oxygen atoms in total. The Morgan fingerprint density at radius 1 is 0.909 bits per heavy atom. The van der Waals surface area contributed by atoms with E-state index in [0.29, 0.717) is 23.1 Å². The molecule has 1 heterocycles. The number of hydrogen-bond donors (Lipinski definition) is 1. The van der Waals surface area contributed by atoms with Gasteiger partial charge in [0.25, 0.3) is 11.8 Å². The zero-order valence-electron chi connectivity index (χ0n) is 12.0. The summed E-state index contributed by atoms with van der Waals surface area (Å²) >= 11 is 0. The van der Waals surface area contributed by atoms with Crippen molar-refractivity contribution in [2.24, 2.45) is 0 Å². The molecule has 1 N–H and O–H groups in total. The van der Waals surface area contributed by atoms with E-state index in [-0.39, 0.29) is 17.6 Å². The number of benzene rings is 3. The van der Waals surface area contributed by atoms with Crippen LogP contribution in [-0.2, 0) is 0 Å². The summed E-state index contributed by atoms with van der Waals surface area (Å²) < 4.78 is 0. The first kappa shape index (κ1) is 12.8. The summed E-state index contributed by atoms with van der Waals surface area (Å²) in [4.78, 5) is 26.0. The largest absolute Gasteiger partial charge is 0.507 e. The van der Waals surface area contributed by atoms with E-state index < -0.39 is 0 Å². The molecule has 0 aliphatic carbocycles. The first-order chi connectivity index (χ1) is 10.6. The van der Waals surface area contributed by atoms with Gasteiger partial charge in [0.05, 0.1) is 11.1 Å². The van der Waals surface area contributed by atoms with Crippen molar-refractivity contribution in [1.29, 1.82) is 0 Å². The van der Waals surface area contributed by atoms with Crippen molar-refractivity contribution >= 4 is 33.4 Å². The Labute approximate surface area is 126 Å². The van der Waals surface area contributed by atoms with Crippen LogP contribution >= 0.6 is 0 Å². The molecule has 0 radical (unpaired) electrons. The quantitative estimate of drug-likeness (QED) is 0.553. The number of fused-ring (bicyclic) bond motifs is 5. The molecule has 0 unspecified atom stereocenters. The lowest BCUT2D eigenvalue weighted by Crippen LogP contribution is -2.29. The fourth-order valence-corrected chi connectivity index (χ4v) is 3.23. The first-order valence-corrected chi connectivity index (χ1v) is 7.17. The standard InChI is InChI=1S/C18H13NO3/c1-2-19-17(21)13-8-7-11-10-5-3-4-6-12(10)15(20)9-14(11)16(13)18(19)22/h3-9,20H,2H2,1H3. The second-order valence-corrected chi connectivity index (χ2v) is 5.38. The number of amides is 2. The summed E-state index contributed by atoms with van der Waals surface area (Å²) in [5.74, 6) is -0.438. The van der Waals surface area contributed by atoms with Crippen molar-refractivity contribution in [2.75, 3.05) is 6.54 Å². The van der Waals surface area contributed by atoms with Crippen LogP contribution in [0, 0.1) is 0 Å². The molecule has 4 rings (SSSR count). The summed E-state index contributed by atoms with van der Waals surface area (Å²) in [5, 5.41) is 13.4. The van der Waals surface area contributed by atoms with Crippen LogP contribution in [0.15, 0.2) is 42.5 Å². The van der Waals surface area contributed by atoms with E-state index >= 15 is 0 Å². The number of imide groups is 1. The highest BCUT2D eigenvalue weighted by Crippen LogP contribution is 2.37. The number of carbonyl (C=O) groups excluding carboxylic acids is 2. The lowest BCUT2D eigenvalue weighted by molar-refractivity contribution is 0.0663. The Hall–Kier alpha value is -2.88. The van der Waals surface area contributed by atoms with Gasteiger partial charge in [-0.1, -0.05) is 30.3 Å². The zero-order valence-corrected chi connectivity index (χ0v) is 12.0. The third-order valence-corrected chi connectivity index (χ3v) is 4.27. The molecular weight excluding hydrogens is 278 g/mol. The fraction of sp³-hybridized carbons (Fsp3) is 0.111. The molecule has 0 spiro atoms. The number of hydrogen-bond acceptors (Lipinski definition) is 3. The molecule has 0 saturated heterocycles. The molecule has 108 valence electrons. The molecule has 3 aromatic carbocycles. The van der Waals surface area contributed by atoms with E-state index in [4.69, 9.17) is 0 Å². The molecule has 0 atom stereocenters. The number of aromatic hydroxyl groups is 1. The second kappa shape index (κ2) is 4.31. The maximum atomic E-state index is 12.5. The molecule has 0 aromatic heterocycles. The lowest BCUT2D eigenvalue weighted by Gasteiger charge is -2.10. The maximum absolute atomic E-state index is 12.5. The second-order valence-electron chi connectivity index (χ2n) is 5.38. The molecule has 0 bridgehead atoms. The van der Waals surface area contributed by atoms with Gasteiger partial charge in [0, 0.05) is 11.9 Å². The summed E-state index contributed by atoms with van der Waals surface area (Å²) in [5.41, 5.74) is 0.805. The highest BCUT2D eigenvalue weighted by molar-refractivity contribution is 6.28. The minimum Gasteiger partial charge on any atom is -0.507 e. The highest BCUT2D eigenvalue weighted by Gasteiger charge is 2.36. The number of nitrogens with zero attached hydrogens (tertiary/aromatic N) is 1. The van der Waals surface area contributed by atoms with Crippen LogP contribution in [0.5, 0.6) is 5.75 Å². The highest BCUT2D eigenvalue weighted by atomic mass is 16.3. The van der Waals surface area contributed by atoms with Crippen molar-refractivity contribution in [3.05, 3.63) is 53.6 Å². The van der Waals surface area contributed by atoms with E-state index in [0.717, 1.165) is 16.2 Å². The number of phenols is 1. The van der Waals surface area contributed by atoms with Crippen LogP contribution < -0.4 is 0 Å². The third kappa shape index (κ3) is 1.46. The number of carbonyl (C=O) groups is 2. The van der Waals surface area contributed by atoms with E-state index in [1.54, 1.807) is 19.1 Å². The van der Waals surface area contributed by atoms with E-state index in [1.165, 1.54) is 4.90 Å². The Bertz CT molecular complexity index is 975. The van der Waals surface area contributed by atoms with Crippen LogP contribution in [0.4, 0.5) is 0 Å². The van der Waals surface area contributed by atoms with Crippen molar-refractivity contribution in [3.63, 3.8) is 0 Å². The van der Waals surface area contributed by atoms with E-state index in [2.05, 4.69) is 0 Å². The molecule has 3 aromatic rings. The smallest absolute Gasteiger partial charge is 0.262 e. The van der Waals surface area contributed by atoms with Crippen LogP contribution in [0.3, 0.4) is 0 Å². The predicted molar refractivity (Wildman–Crippen MR) is 84.2 cm³/mol. The van der Waals surface area contributed by atoms with E-state index in [1.807, 2.05) is 30.3 Å². The summed E-state index contributed by atoms with van der Waals surface area (Å²) in [6.07, 6.45) is 0. The molecule has 22 heavy (non-hydrogen) atoms. The van der Waals surface area contributed by atoms with Gasteiger partial charge in [-0.3, -0.25) is 14.5 Å². The van der Waals surface area contributed by atoms with Gasteiger partial charge in [0.2, 0.25) is 0 Å². The van der Waals surface area contributed by atoms with Gasteiger partial charge in [-0.05, 0) is 35.2 Å². The minimum absolute atomic E-state index is 0.117. The Kier molecular flexibility index (Phi) is 2.51.